The van der Waals surface area contributed by atoms with Gasteiger partial charge in [-0.05, 0) is 25.0 Å². The quantitative estimate of drug-likeness (QED) is 0.873. The molecule has 1 aromatic rings. The molecule has 4 nitrogen and oxygen atoms in total. The van der Waals surface area contributed by atoms with Gasteiger partial charge in [0.25, 0.3) is 0 Å². The molecule has 0 spiro atoms. The maximum atomic E-state index is 12.0. The second-order valence-corrected chi connectivity index (χ2v) is 6.58. The fourth-order valence-electron chi connectivity index (χ4n) is 2.04. The standard InChI is InChI=1S/C13H19NO3S/c15-18(16,13-4-2-1-3-5-13)11-8-14-12-6-9-17-10-7-12/h1-5,12,14H,6-11H2. The number of ether oxygens (including phenoxy) is 1. The minimum absolute atomic E-state index is 0.147. The number of benzene rings is 1. The van der Waals surface area contributed by atoms with Gasteiger partial charge in [-0.15, -0.1) is 0 Å². The number of nitrogens with one attached hydrogen (secondary N) is 1. The molecule has 5 heteroatoms. The van der Waals surface area contributed by atoms with Gasteiger partial charge < -0.3 is 10.1 Å². The Morgan fingerprint density at radius 3 is 2.50 bits per heavy atom. The molecule has 0 saturated carbocycles. The third-order valence-corrected chi connectivity index (χ3v) is 4.86. The van der Waals surface area contributed by atoms with E-state index in [4.69, 9.17) is 4.74 Å². The van der Waals surface area contributed by atoms with Crippen LogP contribution in [-0.2, 0) is 14.6 Å². The molecule has 0 amide bonds. The van der Waals surface area contributed by atoms with Crippen molar-refractivity contribution in [3.05, 3.63) is 30.3 Å². The van der Waals surface area contributed by atoms with Gasteiger partial charge in [0.1, 0.15) is 0 Å². The zero-order valence-corrected chi connectivity index (χ0v) is 11.2. The van der Waals surface area contributed by atoms with Crippen LogP contribution in [0.3, 0.4) is 0 Å². The SMILES string of the molecule is O=S(=O)(CCNC1CCOCC1)c1ccccc1. The van der Waals surface area contributed by atoms with Crippen LogP contribution in [0.2, 0.25) is 0 Å². The van der Waals surface area contributed by atoms with Crippen molar-refractivity contribution < 1.29 is 13.2 Å². The van der Waals surface area contributed by atoms with Gasteiger partial charge in [0.05, 0.1) is 10.6 Å². The summed E-state index contributed by atoms with van der Waals surface area (Å²) in [4.78, 5) is 0.402. The first-order valence-corrected chi connectivity index (χ1v) is 7.93. The summed E-state index contributed by atoms with van der Waals surface area (Å²) in [6.45, 7) is 2.04. The lowest BCUT2D eigenvalue weighted by atomic mass is 10.1. The molecular formula is C13H19NO3S. The van der Waals surface area contributed by atoms with E-state index >= 15 is 0 Å². The summed E-state index contributed by atoms with van der Waals surface area (Å²) in [6, 6.07) is 8.99. The van der Waals surface area contributed by atoms with Crippen molar-refractivity contribution in [1.29, 1.82) is 0 Å². The molecule has 1 aliphatic heterocycles. The predicted molar refractivity (Wildman–Crippen MR) is 70.3 cm³/mol. The number of sulfone groups is 1. The highest BCUT2D eigenvalue weighted by Crippen LogP contribution is 2.10. The zero-order chi connectivity index (χ0) is 12.8. The molecule has 1 N–H and O–H groups in total. The Kier molecular flexibility index (Phi) is 4.74. The summed E-state index contributed by atoms with van der Waals surface area (Å²) in [5.74, 6) is 0.147. The largest absolute Gasteiger partial charge is 0.381 e. The van der Waals surface area contributed by atoms with Crippen molar-refractivity contribution in [2.75, 3.05) is 25.5 Å². The van der Waals surface area contributed by atoms with Gasteiger partial charge in [0.15, 0.2) is 9.84 Å². The van der Waals surface area contributed by atoms with Crippen LogP contribution in [0.4, 0.5) is 0 Å². The first-order valence-electron chi connectivity index (χ1n) is 6.27. The van der Waals surface area contributed by atoms with Crippen LogP contribution in [0.15, 0.2) is 35.2 Å². The van der Waals surface area contributed by atoms with Crippen molar-refractivity contribution >= 4 is 9.84 Å². The van der Waals surface area contributed by atoms with E-state index in [9.17, 15) is 8.42 Å². The number of hydrogen-bond donors (Lipinski definition) is 1. The van der Waals surface area contributed by atoms with Crippen LogP contribution < -0.4 is 5.32 Å². The zero-order valence-electron chi connectivity index (χ0n) is 10.3. The van der Waals surface area contributed by atoms with Crippen LogP contribution in [0, 0.1) is 0 Å². The van der Waals surface area contributed by atoms with Crippen molar-refractivity contribution in [2.45, 2.75) is 23.8 Å². The van der Waals surface area contributed by atoms with Gasteiger partial charge in [-0.25, -0.2) is 8.42 Å². The van der Waals surface area contributed by atoms with Crippen molar-refractivity contribution in [3.8, 4) is 0 Å². The van der Waals surface area contributed by atoms with Gasteiger partial charge >= 0.3 is 0 Å². The molecule has 1 aromatic carbocycles. The number of rotatable bonds is 5. The third kappa shape index (κ3) is 3.80. The predicted octanol–water partition coefficient (Wildman–Crippen LogP) is 1.23. The van der Waals surface area contributed by atoms with E-state index in [-0.39, 0.29) is 5.75 Å². The maximum absolute atomic E-state index is 12.0. The Morgan fingerprint density at radius 1 is 1.17 bits per heavy atom. The Labute approximate surface area is 108 Å². The van der Waals surface area contributed by atoms with Crippen LogP contribution in [-0.4, -0.2) is 40.0 Å². The van der Waals surface area contributed by atoms with Gasteiger partial charge in [-0.1, -0.05) is 18.2 Å². The van der Waals surface area contributed by atoms with E-state index in [0.717, 1.165) is 26.1 Å². The van der Waals surface area contributed by atoms with E-state index in [1.165, 1.54) is 0 Å². The third-order valence-electron chi connectivity index (χ3n) is 3.13. The van der Waals surface area contributed by atoms with Crippen molar-refractivity contribution in [1.82, 2.24) is 5.32 Å². The van der Waals surface area contributed by atoms with E-state index in [0.29, 0.717) is 17.5 Å². The van der Waals surface area contributed by atoms with E-state index in [1.807, 2.05) is 6.07 Å². The minimum Gasteiger partial charge on any atom is -0.381 e. The molecule has 2 rings (SSSR count). The van der Waals surface area contributed by atoms with E-state index in [1.54, 1.807) is 24.3 Å². The highest BCUT2D eigenvalue weighted by Gasteiger charge is 2.16. The summed E-state index contributed by atoms with van der Waals surface area (Å²) >= 11 is 0. The molecule has 18 heavy (non-hydrogen) atoms. The van der Waals surface area contributed by atoms with Crippen LogP contribution in [0.5, 0.6) is 0 Å². The maximum Gasteiger partial charge on any atom is 0.179 e. The fraction of sp³-hybridized carbons (Fsp3) is 0.538. The molecule has 1 heterocycles. The second kappa shape index (κ2) is 6.31. The summed E-state index contributed by atoms with van der Waals surface area (Å²) in [7, 11) is -3.15. The molecule has 0 aliphatic carbocycles. The molecule has 0 aromatic heterocycles. The first kappa shape index (κ1) is 13.5. The monoisotopic (exact) mass is 269 g/mol. The molecule has 0 atom stereocenters. The van der Waals surface area contributed by atoms with Crippen LogP contribution >= 0.6 is 0 Å². The molecule has 1 aliphatic rings. The number of hydrogen-bond acceptors (Lipinski definition) is 4. The summed E-state index contributed by atoms with van der Waals surface area (Å²) in [5.41, 5.74) is 0. The Hall–Kier alpha value is -0.910. The second-order valence-electron chi connectivity index (χ2n) is 4.47. The fourth-order valence-corrected chi connectivity index (χ4v) is 3.24. The van der Waals surface area contributed by atoms with Gasteiger partial charge in [-0.3, -0.25) is 0 Å². The molecule has 0 bridgehead atoms. The molecule has 1 fully saturated rings. The molecule has 1 saturated heterocycles. The Bertz CT molecular complexity index is 452. The first-order chi connectivity index (χ1) is 8.68. The smallest absolute Gasteiger partial charge is 0.179 e. The lowest BCUT2D eigenvalue weighted by molar-refractivity contribution is 0.0785. The molecule has 0 radical (unpaired) electrons. The summed E-state index contributed by atoms with van der Waals surface area (Å²) in [5, 5.41) is 3.29. The minimum atomic E-state index is -3.15. The topological polar surface area (TPSA) is 55.4 Å². The molecule has 0 unspecified atom stereocenters. The van der Waals surface area contributed by atoms with Crippen molar-refractivity contribution in [3.63, 3.8) is 0 Å². The molecule has 100 valence electrons. The van der Waals surface area contributed by atoms with Gasteiger partial charge in [0.2, 0.25) is 0 Å². The van der Waals surface area contributed by atoms with Gasteiger partial charge in [0, 0.05) is 25.8 Å². The van der Waals surface area contributed by atoms with Gasteiger partial charge in [-0.2, -0.15) is 0 Å². The lowest BCUT2D eigenvalue weighted by Gasteiger charge is -2.23. The van der Waals surface area contributed by atoms with Crippen LogP contribution in [0.25, 0.3) is 0 Å². The Balaban J connectivity index is 1.82. The summed E-state index contributed by atoms with van der Waals surface area (Å²) in [6.07, 6.45) is 1.93. The lowest BCUT2D eigenvalue weighted by Crippen LogP contribution is -2.37. The average molecular weight is 269 g/mol. The Morgan fingerprint density at radius 2 is 1.83 bits per heavy atom. The molecular weight excluding hydrogens is 250 g/mol. The average Bonchev–Trinajstić information content (AvgIpc) is 2.41. The van der Waals surface area contributed by atoms with E-state index in [2.05, 4.69) is 5.32 Å². The summed E-state index contributed by atoms with van der Waals surface area (Å²) < 4.78 is 29.3. The van der Waals surface area contributed by atoms with Crippen molar-refractivity contribution in [2.24, 2.45) is 0 Å². The van der Waals surface area contributed by atoms with E-state index < -0.39 is 9.84 Å². The highest BCUT2D eigenvalue weighted by molar-refractivity contribution is 7.91. The van der Waals surface area contributed by atoms with Crippen LogP contribution in [0.1, 0.15) is 12.8 Å². The normalized spacial score (nSPS) is 17.8. The highest BCUT2D eigenvalue weighted by atomic mass is 32.2.